The molecule has 0 unspecified atom stereocenters. The van der Waals surface area contributed by atoms with Crippen LogP contribution >= 0.6 is 11.8 Å². The molecule has 1 aliphatic rings. The number of thioether (sulfide) groups is 1. The standard InChI is InChI=1S/C30H38N6O3S/c1-22(2)32-28(38)21-35-15-17-36(18-16-35)29(39)24-5-9-25(10-6-24)33-30-31-14-13-27(34-30)23-7-11-26(12-8-23)40-20-4-3-19-37/h5-14,22,37H,3-4,15-21H2,1-2H3,(H,32,38)(H,31,33,34). The monoisotopic (exact) mass is 562 g/mol. The minimum atomic E-state index is -0.00825. The Morgan fingerprint density at radius 1 is 0.975 bits per heavy atom. The van der Waals surface area contributed by atoms with Crippen LogP contribution in [0.1, 0.15) is 37.0 Å². The summed E-state index contributed by atoms with van der Waals surface area (Å²) in [6, 6.07) is 17.6. The van der Waals surface area contributed by atoms with Crippen molar-refractivity contribution in [2.75, 3.05) is 50.4 Å². The number of nitrogens with zero attached hydrogens (tertiary/aromatic N) is 4. The van der Waals surface area contributed by atoms with Crippen LogP contribution < -0.4 is 10.6 Å². The number of aliphatic hydroxyl groups is 1. The number of aliphatic hydroxyl groups excluding tert-OH is 1. The number of amides is 2. The summed E-state index contributed by atoms with van der Waals surface area (Å²) >= 11 is 1.79. The zero-order valence-corrected chi connectivity index (χ0v) is 24.0. The lowest BCUT2D eigenvalue weighted by atomic mass is 10.1. The van der Waals surface area contributed by atoms with Crippen LogP contribution in [0.5, 0.6) is 0 Å². The number of nitrogens with one attached hydrogen (secondary N) is 2. The van der Waals surface area contributed by atoms with E-state index < -0.39 is 0 Å². The van der Waals surface area contributed by atoms with Gasteiger partial charge in [0, 0.05) is 66.7 Å². The Morgan fingerprint density at radius 3 is 2.38 bits per heavy atom. The number of piperazine rings is 1. The van der Waals surface area contributed by atoms with E-state index in [1.54, 1.807) is 18.0 Å². The lowest BCUT2D eigenvalue weighted by molar-refractivity contribution is -0.123. The molecule has 2 aromatic carbocycles. The van der Waals surface area contributed by atoms with Crippen LogP contribution in [-0.4, -0.2) is 87.8 Å². The number of hydrogen-bond acceptors (Lipinski definition) is 8. The van der Waals surface area contributed by atoms with Gasteiger partial charge in [0.25, 0.3) is 5.91 Å². The fraction of sp³-hybridized carbons (Fsp3) is 0.400. The molecule has 0 saturated carbocycles. The van der Waals surface area contributed by atoms with E-state index in [4.69, 9.17) is 5.11 Å². The van der Waals surface area contributed by atoms with Gasteiger partial charge in [0.05, 0.1) is 12.2 Å². The first-order valence-corrected chi connectivity index (χ1v) is 14.7. The maximum Gasteiger partial charge on any atom is 0.253 e. The van der Waals surface area contributed by atoms with Gasteiger partial charge in [0.1, 0.15) is 0 Å². The van der Waals surface area contributed by atoms with Gasteiger partial charge in [-0.15, -0.1) is 11.8 Å². The first-order chi connectivity index (χ1) is 19.4. The Bertz CT molecular complexity index is 1250. The third-order valence-corrected chi connectivity index (χ3v) is 7.59. The number of hydrogen-bond donors (Lipinski definition) is 3. The van der Waals surface area contributed by atoms with Crippen LogP contribution in [-0.2, 0) is 4.79 Å². The number of rotatable bonds is 12. The predicted molar refractivity (Wildman–Crippen MR) is 160 cm³/mol. The van der Waals surface area contributed by atoms with E-state index >= 15 is 0 Å². The molecule has 212 valence electrons. The second-order valence-electron chi connectivity index (χ2n) is 10.1. The summed E-state index contributed by atoms with van der Waals surface area (Å²) in [7, 11) is 0. The third-order valence-electron chi connectivity index (χ3n) is 6.49. The van der Waals surface area contributed by atoms with E-state index in [1.807, 2.05) is 49.1 Å². The second-order valence-corrected chi connectivity index (χ2v) is 11.2. The van der Waals surface area contributed by atoms with Crippen molar-refractivity contribution >= 4 is 35.2 Å². The van der Waals surface area contributed by atoms with Gasteiger partial charge in [-0.1, -0.05) is 12.1 Å². The Hall–Kier alpha value is -3.47. The van der Waals surface area contributed by atoms with Gasteiger partial charge in [0.2, 0.25) is 11.9 Å². The maximum atomic E-state index is 13.0. The number of unbranched alkanes of at least 4 members (excludes halogenated alkanes) is 1. The van der Waals surface area contributed by atoms with E-state index in [0.29, 0.717) is 44.2 Å². The van der Waals surface area contributed by atoms with Crippen LogP contribution in [0.3, 0.4) is 0 Å². The van der Waals surface area contributed by atoms with Crippen molar-refractivity contribution < 1.29 is 14.7 Å². The Labute approximate surface area is 240 Å². The predicted octanol–water partition coefficient (Wildman–Crippen LogP) is 4.03. The highest BCUT2D eigenvalue weighted by Gasteiger charge is 2.23. The molecular weight excluding hydrogens is 524 g/mol. The normalized spacial score (nSPS) is 13.8. The third kappa shape index (κ3) is 8.77. The molecule has 4 rings (SSSR count). The molecule has 0 spiro atoms. The van der Waals surface area contributed by atoms with Gasteiger partial charge in [-0.2, -0.15) is 0 Å². The van der Waals surface area contributed by atoms with Gasteiger partial charge in [-0.25, -0.2) is 9.97 Å². The van der Waals surface area contributed by atoms with Crippen LogP contribution in [0, 0.1) is 0 Å². The largest absolute Gasteiger partial charge is 0.396 e. The molecule has 9 nitrogen and oxygen atoms in total. The molecule has 1 aliphatic heterocycles. The van der Waals surface area contributed by atoms with Gasteiger partial charge in [-0.05, 0) is 74.9 Å². The minimum Gasteiger partial charge on any atom is -0.396 e. The number of aromatic nitrogens is 2. The summed E-state index contributed by atoms with van der Waals surface area (Å²) in [6.07, 6.45) is 3.56. The van der Waals surface area contributed by atoms with E-state index in [9.17, 15) is 9.59 Å². The molecule has 0 atom stereocenters. The Kier molecular flexibility index (Phi) is 10.9. The van der Waals surface area contributed by atoms with Crippen molar-refractivity contribution in [1.29, 1.82) is 0 Å². The van der Waals surface area contributed by atoms with Gasteiger partial charge < -0.3 is 20.6 Å². The summed E-state index contributed by atoms with van der Waals surface area (Å²) < 4.78 is 0. The average molecular weight is 563 g/mol. The molecule has 3 aromatic rings. The molecule has 2 heterocycles. The van der Waals surface area contributed by atoms with E-state index in [0.717, 1.165) is 35.5 Å². The molecule has 3 N–H and O–H groups in total. The summed E-state index contributed by atoms with van der Waals surface area (Å²) in [6.45, 7) is 7.04. The smallest absolute Gasteiger partial charge is 0.253 e. The van der Waals surface area contributed by atoms with Crippen molar-refractivity contribution in [1.82, 2.24) is 25.1 Å². The summed E-state index contributed by atoms with van der Waals surface area (Å²) in [5.74, 6) is 1.48. The summed E-state index contributed by atoms with van der Waals surface area (Å²) in [5, 5.41) is 15.1. The molecule has 10 heteroatoms. The maximum absolute atomic E-state index is 13.0. The van der Waals surface area contributed by atoms with Crippen molar-refractivity contribution in [2.45, 2.75) is 37.6 Å². The SMILES string of the molecule is CC(C)NC(=O)CN1CCN(C(=O)c2ccc(Nc3nccc(-c4ccc(SCCCCO)cc4)n3)cc2)CC1. The minimum absolute atomic E-state index is 0.00825. The van der Waals surface area contributed by atoms with Gasteiger partial charge in [0.15, 0.2) is 0 Å². The molecule has 0 radical (unpaired) electrons. The molecule has 1 saturated heterocycles. The van der Waals surface area contributed by atoms with Crippen molar-refractivity contribution in [3.63, 3.8) is 0 Å². The zero-order valence-electron chi connectivity index (χ0n) is 23.2. The van der Waals surface area contributed by atoms with Gasteiger partial charge >= 0.3 is 0 Å². The van der Waals surface area contributed by atoms with Crippen LogP contribution in [0.15, 0.2) is 65.7 Å². The molecule has 1 aromatic heterocycles. The van der Waals surface area contributed by atoms with Crippen molar-refractivity contribution in [3.8, 4) is 11.3 Å². The van der Waals surface area contributed by atoms with E-state index in [2.05, 4.69) is 49.8 Å². The van der Waals surface area contributed by atoms with Crippen LogP contribution in [0.4, 0.5) is 11.6 Å². The lowest BCUT2D eigenvalue weighted by Crippen LogP contribution is -2.51. The quantitative estimate of drug-likeness (QED) is 0.224. The highest BCUT2D eigenvalue weighted by molar-refractivity contribution is 7.99. The summed E-state index contributed by atoms with van der Waals surface area (Å²) in [5.41, 5.74) is 3.25. The van der Waals surface area contributed by atoms with Crippen molar-refractivity contribution in [2.24, 2.45) is 0 Å². The lowest BCUT2D eigenvalue weighted by Gasteiger charge is -2.34. The second kappa shape index (κ2) is 14.8. The van der Waals surface area contributed by atoms with Crippen molar-refractivity contribution in [3.05, 3.63) is 66.4 Å². The molecule has 1 fully saturated rings. The highest BCUT2D eigenvalue weighted by atomic mass is 32.2. The fourth-order valence-corrected chi connectivity index (χ4v) is 5.31. The number of benzene rings is 2. The molecule has 0 bridgehead atoms. The van der Waals surface area contributed by atoms with E-state index in [1.165, 1.54) is 4.90 Å². The molecule has 0 aliphatic carbocycles. The Balaban J connectivity index is 1.29. The van der Waals surface area contributed by atoms with Crippen LogP contribution in [0.2, 0.25) is 0 Å². The topological polar surface area (TPSA) is 111 Å². The average Bonchev–Trinajstić information content (AvgIpc) is 2.96. The van der Waals surface area contributed by atoms with Crippen LogP contribution in [0.25, 0.3) is 11.3 Å². The van der Waals surface area contributed by atoms with E-state index in [-0.39, 0.29) is 24.5 Å². The molecule has 2 amide bonds. The number of carbonyl (C=O) groups is 2. The Morgan fingerprint density at radius 2 is 1.70 bits per heavy atom. The number of anilines is 2. The highest BCUT2D eigenvalue weighted by Crippen LogP contribution is 2.25. The summed E-state index contributed by atoms with van der Waals surface area (Å²) in [4.78, 5) is 39.2. The molecule has 40 heavy (non-hydrogen) atoms. The fourth-order valence-electron chi connectivity index (χ4n) is 4.39. The zero-order chi connectivity index (χ0) is 28.3. The molecular formula is C30H38N6O3S. The first kappa shape index (κ1) is 29.5. The number of carbonyl (C=O) groups excluding carboxylic acids is 2. The van der Waals surface area contributed by atoms with Gasteiger partial charge in [-0.3, -0.25) is 14.5 Å². The first-order valence-electron chi connectivity index (χ1n) is 13.8.